The standard InChI is InChI=1S/C8H8N4/c1-12-10-8(9-11-12)7-5-3-2-4-6-7/h2-6H,1H3. The van der Waals surface area contributed by atoms with Gasteiger partial charge in [-0.15, -0.1) is 10.2 Å². The maximum Gasteiger partial charge on any atom is 0.204 e. The molecule has 0 unspecified atom stereocenters. The molecule has 0 saturated carbocycles. The molecule has 0 atom stereocenters. The quantitative estimate of drug-likeness (QED) is 0.622. The van der Waals surface area contributed by atoms with Gasteiger partial charge in [0.2, 0.25) is 5.82 Å². The lowest BCUT2D eigenvalue weighted by molar-refractivity contribution is 0.630. The topological polar surface area (TPSA) is 43.6 Å². The summed E-state index contributed by atoms with van der Waals surface area (Å²) in [6.07, 6.45) is 0. The van der Waals surface area contributed by atoms with E-state index in [2.05, 4.69) is 15.4 Å². The second-order valence-electron chi connectivity index (χ2n) is 2.47. The molecule has 2 aromatic rings. The Morgan fingerprint density at radius 2 is 1.92 bits per heavy atom. The summed E-state index contributed by atoms with van der Waals surface area (Å²) in [5.74, 6) is 0.665. The number of hydrogen-bond acceptors (Lipinski definition) is 3. The number of rotatable bonds is 1. The lowest BCUT2D eigenvalue weighted by atomic mass is 10.2. The Morgan fingerprint density at radius 1 is 1.17 bits per heavy atom. The van der Waals surface area contributed by atoms with Gasteiger partial charge in [0.25, 0.3) is 0 Å². The molecule has 0 spiro atoms. The summed E-state index contributed by atoms with van der Waals surface area (Å²) in [6.45, 7) is 0. The number of nitrogens with zero attached hydrogens (tertiary/aromatic N) is 4. The minimum absolute atomic E-state index is 0.665. The molecule has 4 heteroatoms. The van der Waals surface area contributed by atoms with Gasteiger partial charge >= 0.3 is 0 Å². The van der Waals surface area contributed by atoms with Crippen LogP contribution in [0.15, 0.2) is 30.3 Å². The average Bonchev–Trinajstić information content (AvgIpc) is 2.54. The van der Waals surface area contributed by atoms with E-state index in [-0.39, 0.29) is 0 Å². The molecule has 0 saturated heterocycles. The first-order chi connectivity index (χ1) is 5.86. The van der Waals surface area contributed by atoms with Crippen LogP contribution in [0.2, 0.25) is 0 Å². The number of benzene rings is 1. The van der Waals surface area contributed by atoms with Gasteiger partial charge in [0.05, 0.1) is 7.05 Å². The largest absolute Gasteiger partial charge is 0.204 e. The van der Waals surface area contributed by atoms with E-state index in [1.54, 1.807) is 7.05 Å². The Balaban J connectivity index is 2.45. The van der Waals surface area contributed by atoms with Gasteiger partial charge in [0.1, 0.15) is 0 Å². The van der Waals surface area contributed by atoms with Crippen molar-refractivity contribution in [3.63, 3.8) is 0 Å². The van der Waals surface area contributed by atoms with Crippen molar-refractivity contribution in [1.29, 1.82) is 0 Å². The molecular formula is C8H8N4. The fourth-order valence-electron chi connectivity index (χ4n) is 0.987. The minimum atomic E-state index is 0.665. The smallest absolute Gasteiger partial charge is 0.167 e. The average molecular weight is 160 g/mol. The molecule has 2 rings (SSSR count). The molecule has 1 aromatic carbocycles. The van der Waals surface area contributed by atoms with Crippen molar-refractivity contribution in [2.45, 2.75) is 0 Å². The molecule has 0 N–H and O–H groups in total. The summed E-state index contributed by atoms with van der Waals surface area (Å²) in [5, 5.41) is 11.7. The molecule has 1 aromatic heterocycles. The third-order valence-electron chi connectivity index (χ3n) is 1.54. The van der Waals surface area contributed by atoms with Crippen LogP contribution in [-0.2, 0) is 7.05 Å². The zero-order valence-electron chi connectivity index (χ0n) is 6.68. The highest BCUT2D eigenvalue weighted by atomic mass is 15.6. The van der Waals surface area contributed by atoms with E-state index in [1.165, 1.54) is 4.80 Å². The normalized spacial score (nSPS) is 10.1. The Labute approximate surface area is 69.8 Å². The molecule has 0 aliphatic rings. The minimum Gasteiger partial charge on any atom is -0.167 e. The number of aromatic nitrogens is 4. The van der Waals surface area contributed by atoms with Gasteiger partial charge < -0.3 is 0 Å². The zero-order valence-corrected chi connectivity index (χ0v) is 6.68. The van der Waals surface area contributed by atoms with Crippen LogP contribution in [-0.4, -0.2) is 20.2 Å². The van der Waals surface area contributed by atoms with E-state index >= 15 is 0 Å². The summed E-state index contributed by atoms with van der Waals surface area (Å²) < 4.78 is 0. The molecule has 0 aliphatic heterocycles. The Kier molecular flexibility index (Phi) is 1.59. The first kappa shape index (κ1) is 6.97. The van der Waals surface area contributed by atoms with E-state index < -0.39 is 0 Å². The Bertz CT molecular complexity index is 366. The van der Waals surface area contributed by atoms with Crippen LogP contribution in [0.1, 0.15) is 0 Å². The van der Waals surface area contributed by atoms with E-state index in [0.717, 1.165) is 5.56 Å². The van der Waals surface area contributed by atoms with Crippen LogP contribution >= 0.6 is 0 Å². The Morgan fingerprint density at radius 3 is 2.50 bits per heavy atom. The van der Waals surface area contributed by atoms with Gasteiger partial charge in [0, 0.05) is 5.56 Å². The van der Waals surface area contributed by atoms with Gasteiger partial charge in [-0.1, -0.05) is 30.3 Å². The molecule has 0 aliphatic carbocycles. The summed E-state index contributed by atoms with van der Waals surface area (Å²) in [4.78, 5) is 1.45. The van der Waals surface area contributed by atoms with E-state index in [4.69, 9.17) is 0 Å². The molecule has 0 fully saturated rings. The summed E-state index contributed by atoms with van der Waals surface area (Å²) in [6, 6.07) is 9.77. The van der Waals surface area contributed by atoms with Gasteiger partial charge in [-0.3, -0.25) is 0 Å². The second kappa shape index (κ2) is 2.73. The summed E-state index contributed by atoms with van der Waals surface area (Å²) in [5.41, 5.74) is 0.991. The Hall–Kier alpha value is -1.71. The van der Waals surface area contributed by atoms with E-state index in [0.29, 0.717) is 5.82 Å². The highest BCUT2D eigenvalue weighted by Crippen LogP contribution is 2.10. The van der Waals surface area contributed by atoms with Crippen molar-refractivity contribution in [1.82, 2.24) is 20.2 Å². The van der Waals surface area contributed by atoms with Crippen molar-refractivity contribution < 1.29 is 0 Å². The highest BCUT2D eigenvalue weighted by Gasteiger charge is 2.01. The van der Waals surface area contributed by atoms with Crippen molar-refractivity contribution in [3.8, 4) is 11.4 Å². The van der Waals surface area contributed by atoms with Gasteiger partial charge in [-0.25, -0.2) is 0 Å². The van der Waals surface area contributed by atoms with E-state index in [9.17, 15) is 0 Å². The fraction of sp³-hybridized carbons (Fsp3) is 0.125. The third-order valence-corrected chi connectivity index (χ3v) is 1.54. The van der Waals surface area contributed by atoms with Crippen molar-refractivity contribution in [3.05, 3.63) is 30.3 Å². The maximum atomic E-state index is 4.08. The lowest BCUT2D eigenvalue weighted by Gasteiger charge is -1.90. The molecule has 0 amide bonds. The first-order valence-electron chi connectivity index (χ1n) is 3.66. The zero-order chi connectivity index (χ0) is 8.39. The predicted molar refractivity (Wildman–Crippen MR) is 44.2 cm³/mol. The van der Waals surface area contributed by atoms with Crippen molar-refractivity contribution in [2.24, 2.45) is 7.05 Å². The molecule has 0 radical (unpaired) electrons. The maximum absolute atomic E-state index is 4.08. The molecule has 60 valence electrons. The van der Waals surface area contributed by atoms with Crippen LogP contribution in [0, 0.1) is 0 Å². The third kappa shape index (κ3) is 1.18. The summed E-state index contributed by atoms with van der Waals surface area (Å²) >= 11 is 0. The monoisotopic (exact) mass is 160 g/mol. The molecule has 0 bridgehead atoms. The van der Waals surface area contributed by atoms with Crippen LogP contribution in [0.3, 0.4) is 0 Å². The number of tetrazole rings is 1. The highest BCUT2D eigenvalue weighted by molar-refractivity contribution is 5.52. The second-order valence-corrected chi connectivity index (χ2v) is 2.47. The number of aryl methyl sites for hydroxylation is 1. The van der Waals surface area contributed by atoms with Gasteiger partial charge in [-0.05, 0) is 5.21 Å². The predicted octanol–water partition coefficient (Wildman–Crippen LogP) is 0.877. The van der Waals surface area contributed by atoms with Crippen LogP contribution in [0.5, 0.6) is 0 Å². The summed E-state index contributed by atoms with van der Waals surface area (Å²) in [7, 11) is 1.75. The van der Waals surface area contributed by atoms with Gasteiger partial charge in [-0.2, -0.15) is 4.80 Å². The first-order valence-corrected chi connectivity index (χ1v) is 3.66. The molecule has 4 nitrogen and oxygen atoms in total. The van der Waals surface area contributed by atoms with Crippen LogP contribution < -0.4 is 0 Å². The lowest BCUT2D eigenvalue weighted by Crippen LogP contribution is -1.91. The van der Waals surface area contributed by atoms with E-state index in [1.807, 2.05) is 30.3 Å². The molecule has 1 heterocycles. The number of hydrogen-bond donors (Lipinski definition) is 0. The molecular weight excluding hydrogens is 152 g/mol. The fourth-order valence-corrected chi connectivity index (χ4v) is 0.987. The van der Waals surface area contributed by atoms with Crippen LogP contribution in [0.4, 0.5) is 0 Å². The van der Waals surface area contributed by atoms with Crippen molar-refractivity contribution in [2.75, 3.05) is 0 Å². The van der Waals surface area contributed by atoms with Crippen LogP contribution in [0.25, 0.3) is 11.4 Å². The molecule has 12 heavy (non-hydrogen) atoms. The van der Waals surface area contributed by atoms with Crippen molar-refractivity contribution >= 4 is 0 Å². The SMILES string of the molecule is Cn1nnc(-c2ccccc2)n1. The van der Waals surface area contributed by atoms with Gasteiger partial charge in [0.15, 0.2) is 0 Å².